The van der Waals surface area contributed by atoms with Gasteiger partial charge in [0.1, 0.15) is 0 Å². The molecule has 0 saturated heterocycles. The SMILES string of the molecule is CCN(Cc1cccc(C)n1)CC(O)c1ccccc1N. The molecule has 1 heterocycles. The highest BCUT2D eigenvalue weighted by atomic mass is 16.3. The van der Waals surface area contributed by atoms with Crippen molar-refractivity contribution < 1.29 is 5.11 Å². The molecule has 21 heavy (non-hydrogen) atoms. The summed E-state index contributed by atoms with van der Waals surface area (Å²) in [5.41, 5.74) is 9.37. The molecular weight excluding hydrogens is 262 g/mol. The molecule has 0 spiro atoms. The van der Waals surface area contributed by atoms with Crippen LogP contribution in [0.25, 0.3) is 0 Å². The molecule has 0 radical (unpaired) electrons. The molecular formula is C17H23N3O. The van der Waals surface area contributed by atoms with E-state index in [9.17, 15) is 5.11 Å². The standard InChI is InChI=1S/C17H23N3O/c1-3-20(11-14-8-6-7-13(2)19-14)12-17(21)15-9-4-5-10-16(15)18/h4-10,17,21H,3,11-12,18H2,1-2H3. The van der Waals surface area contributed by atoms with E-state index in [-0.39, 0.29) is 0 Å². The first-order chi connectivity index (χ1) is 10.1. The molecule has 4 heteroatoms. The number of rotatable bonds is 6. The Morgan fingerprint density at radius 1 is 1.19 bits per heavy atom. The number of nitrogens with zero attached hydrogens (tertiary/aromatic N) is 2. The van der Waals surface area contributed by atoms with Crippen LogP contribution in [0.1, 0.15) is 30.0 Å². The number of aliphatic hydroxyl groups excluding tert-OH is 1. The molecule has 2 rings (SSSR count). The van der Waals surface area contributed by atoms with Gasteiger partial charge < -0.3 is 10.8 Å². The van der Waals surface area contributed by atoms with Crippen molar-refractivity contribution in [3.8, 4) is 0 Å². The summed E-state index contributed by atoms with van der Waals surface area (Å²) in [7, 11) is 0. The second-order valence-electron chi connectivity index (χ2n) is 5.24. The number of aromatic nitrogens is 1. The van der Waals surface area contributed by atoms with Gasteiger partial charge in [0.2, 0.25) is 0 Å². The Morgan fingerprint density at radius 3 is 2.62 bits per heavy atom. The fourth-order valence-corrected chi connectivity index (χ4v) is 2.38. The Balaban J connectivity index is 2.04. The first-order valence-corrected chi connectivity index (χ1v) is 7.27. The maximum atomic E-state index is 10.4. The highest BCUT2D eigenvalue weighted by Crippen LogP contribution is 2.21. The summed E-state index contributed by atoms with van der Waals surface area (Å²) in [4.78, 5) is 6.68. The molecule has 1 aromatic carbocycles. The van der Waals surface area contributed by atoms with E-state index in [1.54, 1.807) is 0 Å². The second-order valence-corrected chi connectivity index (χ2v) is 5.24. The molecule has 0 amide bonds. The predicted octanol–water partition coefficient (Wildman–Crippen LogP) is 2.53. The summed E-state index contributed by atoms with van der Waals surface area (Å²) in [5.74, 6) is 0. The highest BCUT2D eigenvalue weighted by molar-refractivity contribution is 5.47. The summed E-state index contributed by atoms with van der Waals surface area (Å²) in [6.07, 6.45) is -0.587. The van der Waals surface area contributed by atoms with Crippen molar-refractivity contribution >= 4 is 5.69 Å². The van der Waals surface area contributed by atoms with E-state index >= 15 is 0 Å². The number of likely N-dealkylation sites (N-methyl/N-ethyl adjacent to an activating group) is 1. The normalized spacial score (nSPS) is 12.6. The number of anilines is 1. The fraction of sp³-hybridized carbons (Fsp3) is 0.353. The third kappa shape index (κ3) is 4.28. The van der Waals surface area contributed by atoms with Crippen LogP contribution >= 0.6 is 0 Å². The first kappa shape index (κ1) is 15.5. The summed E-state index contributed by atoms with van der Waals surface area (Å²) in [6.45, 7) is 6.18. The van der Waals surface area contributed by atoms with E-state index in [2.05, 4.69) is 16.8 Å². The van der Waals surface area contributed by atoms with Gasteiger partial charge in [-0.3, -0.25) is 9.88 Å². The average molecular weight is 285 g/mol. The molecule has 0 aliphatic rings. The van der Waals surface area contributed by atoms with Crippen LogP contribution < -0.4 is 5.73 Å². The zero-order chi connectivity index (χ0) is 15.2. The van der Waals surface area contributed by atoms with E-state index in [1.807, 2.05) is 49.4 Å². The van der Waals surface area contributed by atoms with E-state index in [0.29, 0.717) is 12.2 Å². The topological polar surface area (TPSA) is 62.4 Å². The van der Waals surface area contributed by atoms with Crippen molar-refractivity contribution in [2.75, 3.05) is 18.8 Å². The lowest BCUT2D eigenvalue weighted by atomic mass is 10.1. The Morgan fingerprint density at radius 2 is 1.95 bits per heavy atom. The molecule has 4 nitrogen and oxygen atoms in total. The Kier molecular flexibility index (Phi) is 5.31. The van der Waals surface area contributed by atoms with Gasteiger partial charge in [-0.15, -0.1) is 0 Å². The smallest absolute Gasteiger partial charge is 0.0936 e. The van der Waals surface area contributed by atoms with Crippen LogP contribution in [-0.2, 0) is 6.54 Å². The average Bonchev–Trinajstić information content (AvgIpc) is 2.47. The molecule has 1 unspecified atom stereocenters. The molecule has 0 aliphatic heterocycles. The Labute approximate surface area is 126 Å². The van der Waals surface area contributed by atoms with E-state index < -0.39 is 6.10 Å². The number of nitrogen functional groups attached to an aromatic ring is 1. The van der Waals surface area contributed by atoms with Crippen molar-refractivity contribution in [2.24, 2.45) is 0 Å². The van der Waals surface area contributed by atoms with Crippen molar-refractivity contribution in [1.29, 1.82) is 0 Å². The quantitative estimate of drug-likeness (QED) is 0.801. The minimum absolute atomic E-state index is 0.542. The van der Waals surface area contributed by atoms with Gasteiger partial charge in [-0.05, 0) is 31.7 Å². The number of para-hydroxylation sites is 1. The van der Waals surface area contributed by atoms with Gasteiger partial charge in [0.05, 0.1) is 11.8 Å². The maximum Gasteiger partial charge on any atom is 0.0936 e. The summed E-state index contributed by atoms with van der Waals surface area (Å²) >= 11 is 0. The molecule has 0 bridgehead atoms. The molecule has 0 aliphatic carbocycles. The molecule has 0 fully saturated rings. The molecule has 2 aromatic rings. The minimum Gasteiger partial charge on any atom is -0.398 e. The summed E-state index contributed by atoms with van der Waals surface area (Å²) in [6, 6.07) is 13.5. The van der Waals surface area contributed by atoms with Crippen LogP contribution in [0, 0.1) is 6.92 Å². The zero-order valence-corrected chi connectivity index (χ0v) is 12.7. The minimum atomic E-state index is -0.587. The lowest BCUT2D eigenvalue weighted by Crippen LogP contribution is -2.28. The Bertz CT molecular complexity index is 586. The van der Waals surface area contributed by atoms with Gasteiger partial charge in [0, 0.05) is 30.0 Å². The van der Waals surface area contributed by atoms with E-state index in [4.69, 9.17) is 5.73 Å². The van der Waals surface area contributed by atoms with Gasteiger partial charge in [-0.1, -0.05) is 31.2 Å². The van der Waals surface area contributed by atoms with Crippen LogP contribution in [-0.4, -0.2) is 28.1 Å². The highest BCUT2D eigenvalue weighted by Gasteiger charge is 2.15. The molecule has 3 N–H and O–H groups in total. The second kappa shape index (κ2) is 7.20. The predicted molar refractivity (Wildman–Crippen MR) is 85.7 cm³/mol. The van der Waals surface area contributed by atoms with Gasteiger partial charge in [0.25, 0.3) is 0 Å². The fourth-order valence-electron chi connectivity index (χ4n) is 2.38. The zero-order valence-electron chi connectivity index (χ0n) is 12.7. The number of aliphatic hydroxyl groups is 1. The van der Waals surface area contributed by atoms with Crippen molar-refractivity contribution in [3.63, 3.8) is 0 Å². The monoisotopic (exact) mass is 285 g/mol. The third-order valence-electron chi connectivity index (χ3n) is 3.56. The largest absolute Gasteiger partial charge is 0.398 e. The summed E-state index contributed by atoms with van der Waals surface area (Å²) < 4.78 is 0. The molecule has 0 saturated carbocycles. The lowest BCUT2D eigenvalue weighted by molar-refractivity contribution is 0.112. The molecule has 1 atom stereocenters. The summed E-state index contributed by atoms with van der Waals surface area (Å²) in [5, 5.41) is 10.4. The van der Waals surface area contributed by atoms with Crippen molar-refractivity contribution in [3.05, 3.63) is 59.4 Å². The number of pyridine rings is 1. The van der Waals surface area contributed by atoms with Gasteiger partial charge in [0.15, 0.2) is 0 Å². The van der Waals surface area contributed by atoms with Crippen molar-refractivity contribution in [1.82, 2.24) is 9.88 Å². The lowest BCUT2D eigenvalue weighted by Gasteiger charge is -2.24. The van der Waals surface area contributed by atoms with Crippen LogP contribution in [0.5, 0.6) is 0 Å². The van der Waals surface area contributed by atoms with Crippen LogP contribution in [0.4, 0.5) is 5.69 Å². The molecule has 1 aromatic heterocycles. The molecule has 112 valence electrons. The van der Waals surface area contributed by atoms with E-state index in [0.717, 1.165) is 30.0 Å². The van der Waals surface area contributed by atoms with Crippen LogP contribution in [0.2, 0.25) is 0 Å². The maximum absolute atomic E-state index is 10.4. The number of hydrogen-bond donors (Lipinski definition) is 2. The number of benzene rings is 1. The number of nitrogens with two attached hydrogens (primary N) is 1. The van der Waals surface area contributed by atoms with Crippen molar-refractivity contribution in [2.45, 2.75) is 26.5 Å². The first-order valence-electron chi connectivity index (χ1n) is 7.27. The van der Waals surface area contributed by atoms with Crippen LogP contribution in [0.15, 0.2) is 42.5 Å². The van der Waals surface area contributed by atoms with Gasteiger partial charge >= 0.3 is 0 Å². The van der Waals surface area contributed by atoms with Gasteiger partial charge in [-0.2, -0.15) is 0 Å². The number of hydrogen-bond acceptors (Lipinski definition) is 4. The third-order valence-corrected chi connectivity index (χ3v) is 3.56. The van der Waals surface area contributed by atoms with E-state index in [1.165, 1.54) is 0 Å². The number of aryl methyl sites for hydroxylation is 1. The Hall–Kier alpha value is -1.91. The van der Waals surface area contributed by atoms with Gasteiger partial charge in [-0.25, -0.2) is 0 Å². The van der Waals surface area contributed by atoms with Crippen LogP contribution in [0.3, 0.4) is 0 Å².